The van der Waals surface area contributed by atoms with Crippen molar-refractivity contribution in [2.45, 2.75) is 19.9 Å². The molecular formula is C24H19N3O7S. The van der Waals surface area contributed by atoms with Crippen molar-refractivity contribution in [3.8, 4) is 0 Å². The number of carbonyl (C=O) groups is 3. The van der Waals surface area contributed by atoms with E-state index in [0.29, 0.717) is 11.3 Å². The summed E-state index contributed by atoms with van der Waals surface area (Å²) in [5.74, 6) is -3.01. The van der Waals surface area contributed by atoms with Crippen LogP contribution in [0, 0.1) is 17.0 Å². The summed E-state index contributed by atoms with van der Waals surface area (Å²) in [7, 11) is 0. The van der Waals surface area contributed by atoms with Crippen LogP contribution in [0.15, 0.2) is 60.2 Å². The van der Waals surface area contributed by atoms with Crippen LogP contribution < -0.4 is 4.90 Å². The first-order valence-corrected chi connectivity index (χ1v) is 11.3. The minimum Gasteiger partial charge on any atom is -0.507 e. The standard InChI is InChI=1S/C24H19N3O7S/c1-3-34-23(31)21-13(2)25-24(35-21)26-18(15-10-7-11-16(12-15)27(32)33)17(20(29)22(26)30)19(28)14-8-5-4-6-9-14/h4-12,18,28H,3H2,1-2H3/b19-17-. The lowest BCUT2D eigenvalue weighted by atomic mass is 9.95. The van der Waals surface area contributed by atoms with E-state index in [1.165, 1.54) is 24.3 Å². The third-order valence-corrected chi connectivity index (χ3v) is 6.48. The Kier molecular flexibility index (Phi) is 6.43. The van der Waals surface area contributed by atoms with Crippen molar-refractivity contribution >= 4 is 45.6 Å². The van der Waals surface area contributed by atoms with Crippen LogP contribution in [0.2, 0.25) is 0 Å². The molecule has 0 aliphatic carbocycles. The van der Waals surface area contributed by atoms with Gasteiger partial charge in [-0.2, -0.15) is 0 Å². The van der Waals surface area contributed by atoms with Gasteiger partial charge in [0.1, 0.15) is 10.6 Å². The number of aliphatic hydroxyl groups is 1. The van der Waals surface area contributed by atoms with Crippen LogP contribution in [0.3, 0.4) is 0 Å². The number of non-ortho nitro benzene ring substituents is 1. The van der Waals surface area contributed by atoms with Gasteiger partial charge in [0.2, 0.25) is 0 Å². The van der Waals surface area contributed by atoms with Crippen molar-refractivity contribution in [3.05, 3.63) is 92.0 Å². The highest BCUT2D eigenvalue weighted by Crippen LogP contribution is 2.44. The summed E-state index contributed by atoms with van der Waals surface area (Å²) in [5.41, 5.74) is 0.318. The first kappa shape index (κ1) is 23.8. The molecule has 1 unspecified atom stereocenters. The lowest BCUT2D eigenvalue weighted by Gasteiger charge is -2.22. The predicted molar refractivity (Wildman–Crippen MR) is 127 cm³/mol. The molecule has 1 aliphatic heterocycles. The second-order valence-electron chi connectivity index (χ2n) is 7.52. The maximum Gasteiger partial charge on any atom is 0.350 e. The number of nitro benzene ring substituents is 1. The van der Waals surface area contributed by atoms with Crippen molar-refractivity contribution in [3.63, 3.8) is 0 Å². The fraction of sp³-hybridized carbons (Fsp3) is 0.167. The number of hydrogen-bond acceptors (Lipinski definition) is 9. The van der Waals surface area contributed by atoms with Gasteiger partial charge in [0.25, 0.3) is 11.5 Å². The lowest BCUT2D eigenvalue weighted by Crippen LogP contribution is -2.29. The molecule has 178 valence electrons. The number of Topliss-reactive ketones (excluding diaryl/α,β-unsaturated/α-hetero) is 1. The molecule has 1 aromatic heterocycles. The van der Waals surface area contributed by atoms with Crippen molar-refractivity contribution in [2.24, 2.45) is 0 Å². The topological polar surface area (TPSA) is 140 Å². The number of thiazole rings is 1. The van der Waals surface area contributed by atoms with Crippen LogP contribution in [0.25, 0.3) is 5.76 Å². The van der Waals surface area contributed by atoms with E-state index in [1.54, 1.807) is 44.2 Å². The van der Waals surface area contributed by atoms with Gasteiger partial charge < -0.3 is 9.84 Å². The van der Waals surface area contributed by atoms with Gasteiger partial charge in [0.15, 0.2) is 5.13 Å². The van der Waals surface area contributed by atoms with Gasteiger partial charge in [0.05, 0.1) is 28.8 Å². The van der Waals surface area contributed by atoms with E-state index in [-0.39, 0.29) is 33.4 Å². The number of nitrogens with zero attached hydrogens (tertiary/aromatic N) is 3. The zero-order chi connectivity index (χ0) is 25.3. The van der Waals surface area contributed by atoms with E-state index in [2.05, 4.69) is 4.98 Å². The summed E-state index contributed by atoms with van der Waals surface area (Å²) < 4.78 is 5.04. The maximum absolute atomic E-state index is 13.2. The largest absolute Gasteiger partial charge is 0.507 e. The molecule has 3 aromatic rings. The number of ketones is 1. The Morgan fingerprint density at radius 2 is 1.91 bits per heavy atom. The number of hydrogen-bond donors (Lipinski definition) is 1. The number of benzene rings is 2. The van der Waals surface area contributed by atoms with E-state index in [4.69, 9.17) is 4.74 Å². The van der Waals surface area contributed by atoms with E-state index in [9.17, 15) is 29.6 Å². The Bertz CT molecular complexity index is 1380. The van der Waals surface area contributed by atoms with Crippen LogP contribution in [0.1, 0.15) is 39.5 Å². The van der Waals surface area contributed by atoms with Crippen LogP contribution in [-0.2, 0) is 14.3 Å². The quantitative estimate of drug-likeness (QED) is 0.135. The number of aliphatic hydroxyl groups excluding tert-OH is 1. The van der Waals surface area contributed by atoms with Gasteiger partial charge in [0, 0.05) is 17.7 Å². The summed E-state index contributed by atoms with van der Waals surface area (Å²) in [6.45, 7) is 3.36. The van der Waals surface area contributed by atoms with Gasteiger partial charge in [-0.25, -0.2) is 9.78 Å². The lowest BCUT2D eigenvalue weighted by molar-refractivity contribution is -0.384. The fourth-order valence-electron chi connectivity index (χ4n) is 3.78. The average Bonchev–Trinajstić information content (AvgIpc) is 3.36. The molecule has 35 heavy (non-hydrogen) atoms. The van der Waals surface area contributed by atoms with Gasteiger partial charge in [-0.3, -0.25) is 24.6 Å². The number of esters is 1. The number of ether oxygens (including phenoxy) is 1. The van der Waals surface area contributed by atoms with Crippen LogP contribution in [-0.4, -0.2) is 39.3 Å². The summed E-state index contributed by atoms with van der Waals surface area (Å²) in [6.07, 6.45) is 0. The Labute approximate surface area is 203 Å². The smallest absolute Gasteiger partial charge is 0.350 e. The van der Waals surface area contributed by atoms with Crippen LogP contribution >= 0.6 is 11.3 Å². The van der Waals surface area contributed by atoms with Crippen molar-refractivity contribution in [2.75, 3.05) is 11.5 Å². The molecule has 1 amide bonds. The normalized spacial score (nSPS) is 17.0. The third-order valence-electron chi connectivity index (χ3n) is 5.34. The summed E-state index contributed by atoms with van der Waals surface area (Å²) in [5, 5.41) is 22.5. The highest BCUT2D eigenvalue weighted by Gasteiger charge is 2.48. The molecular weight excluding hydrogens is 474 g/mol. The highest BCUT2D eigenvalue weighted by molar-refractivity contribution is 7.17. The number of rotatable bonds is 6. The second-order valence-corrected chi connectivity index (χ2v) is 8.50. The molecule has 0 radical (unpaired) electrons. The Hall–Kier alpha value is -4.38. The molecule has 1 fully saturated rings. The predicted octanol–water partition coefficient (Wildman–Crippen LogP) is 4.16. The molecule has 4 rings (SSSR count). The zero-order valence-corrected chi connectivity index (χ0v) is 19.4. The molecule has 1 N–H and O–H groups in total. The van der Waals surface area contributed by atoms with Crippen molar-refractivity contribution in [1.82, 2.24) is 4.98 Å². The SMILES string of the molecule is CCOC(=O)c1sc(N2C(=O)C(=O)/C(=C(\O)c3ccccc3)C2c2cccc([N+](=O)[O-])c2)nc1C. The second kappa shape index (κ2) is 9.47. The Balaban J connectivity index is 1.94. The number of carbonyl (C=O) groups excluding carboxylic acids is 3. The molecule has 2 aromatic carbocycles. The van der Waals surface area contributed by atoms with E-state index in [0.717, 1.165) is 16.2 Å². The van der Waals surface area contributed by atoms with Gasteiger partial charge in [-0.15, -0.1) is 0 Å². The molecule has 0 saturated carbocycles. The van der Waals surface area contributed by atoms with E-state index >= 15 is 0 Å². The maximum atomic E-state index is 13.2. The Morgan fingerprint density at radius 1 is 1.20 bits per heavy atom. The van der Waals surface area contributed by atoms with Gasteiger partial charge in [-0.1, -0.05) is 53.8 Å². The van der Waals surface area contributed by atoms with Crippen molar-refractivity contribution < 1.29 is 29.2 Å². The number of amides is 1. The molecule has 1 atom stereocenters. The van der Waals surface area contributed by atoms with E-state index < -0.39 is 34.4 Å². The number of nitro groups is 1. The Morgan fingerprint density at radius 3 is 2.57 bits per heavy atom. The monoisotopic (exact) mass is 493 g/mol. The van der Waals surface area contributed by atoms with Gasteiger partial charge in [-0.05, 0) is 19.4 Å². The number of aryl methyl sites for hydroxylation is 1. The van der Waals surface area contributed by atoms with Crippen molar-refractivity contribution in [1.29, 1.82) is 0 Å². The molecule has 1 aliphatic rings. The van der Waals surface area contributed by atoms with Gasteiger partial charge >= 0.3 is 11.9 Å². The minimum absolute atomic E-state index is 0.0243. The van der Waals surface area contributed by atoms with E-state index in [1.807, 2.05) is 0 Å². The first-order valence-electron chi connectivity index (χ1n) is 10.5. The first-order chi connectivity index (χ1) is 16.7. The zero-order valence-electron chi connectivity index (χ0n) is 18.6. The molecule has 0 spiro atoms. The average molecular weight is 493 g/mol. The van der Waals surface area contributed by atoms with Crippen LogP contribution in [0.4, 0.5) is 10.8 Å². The summed E-state index contributed by atoms with van der Waals surface area (Å²) in [6, 6.07) is 12.4. The fourth-order valence-corrected chi connectivity index (χ4v) is 4.76. The number of anilines is 1. The van der Waals surface area contributed by atoms with Crippen LogP contribution in [0.5, 0.6) is 0 Å². The number of aromatic nitrogens is 1. The third kappa shape index (κ3) is 4.28. The highest BCUT2D eigenvalue weighted by atomic mass is 32.1. The molecule has 0 bridgehead atoms. The molecule has 1 saturated heterocycles. The molecule has 10 nitrogen and oxygen atoms in total. The molecule has 2 heterocycles. The summed E-state index contributed by atoms with van der Waals surface area (Å²) >= 11 is 0.858. The minimum atomic E-state index is -1.21. The molecule has 11 heteroatoms. The summed E-state index contributed by atoms with van der Waals surface area (Å²) in [4.78, 5) is 55.0.